The average molecular weight is 309 g/mol. The lowest BCUT2D eigenvalue weighted by atomic mass is 10.2. The van der Waals surface area contributed by atoms with E-state index in [1.54, 1.807) is 6.33 Å². The van der Waals surface area contributed by atoms with E-state index in [9.17, 15) is 0 Å². The number of benzene rings is 2. The van der Waals surface area contributed by atoms with Crippen LogP contribution < -0.4 is 5.32 Å². The minimum absolute atomic E-state index is 0.917. The highest BCUT2D eigenvalue weighted by molar-refractivity contribution is 7.99. The molecule has 3 rings (SSSR count). The van der Waals surface area contributed by atoms with Crippen molar-refractivity contribution in [1.82, 2.24) is 9.97 Å². The van der Waals surface area contributed by atoms with Crippen molar-refractivity contribution in [2.45, 2.75) is 18.2 Å². The van der Waals surface area contributed by atoms with E-state index < -0.39 is 0 Å². The fourth-order valence-corrected chi connectivity index (χ4v) is 3.30. The summed E-state index contributed by atoms with van der Waals surface area (Å²) >= 11 is 1.91. The van der Waals surface area contributed by atoms with Gasteiger partial charge in [-0.05, 0) is 42.9 Å². The number of nitrogens with one attached hydrogen (secondary N) is 1. The molecule has 3 nitrogen and oxygen atoms in total. The van der Waals surface area contributed by atoms with Gasteiger partial charge in [0, 0.05) is 16.8 Å². The van der Waals surface area contributed by atoms with Gasteiger partial charge >= 0.3 is 0 Å². The van der Waals surface area contributed by atoms with Crippen LogP contribution in [0.1, 0.15) is 12.0 Å². The maximum Gasteiger partial charge on any atom is 0.137 e. The summed E-state index contributed by atoms with van der Waals surface area (Å²) in [6.07, 6.45) is 2.71. The number of anilines is 1. The molecule has 0 saturated carbocycles. The molecule has 0 aliphatic rings. The van der Waals surface area contributed by atoms with Crippen molar-refractivity contribution in [2.24, 2.45) is 0 Å². The third-order valence-electron chi connectivity index (χ3n) is 3.51. The minimum atomic E-state index is 0.917. The summed E-state index contributed by atoms with van der Waals surface area (Å²) < 4.78 is 0. The third-order valence-corrected chi connectivity index (χ3v) is 4.77. The van der Waals surface area contributed by atoms with Crippen molar-refractivity contribution >= 4 is 28.5 Å². The van der Waals surface area contributed by atoms with Gasteiger partial charge in [-0.15, -0.1) is 11.8 Å². The van der Waals surface area contributed by atoms with Crippen LogP contribution in [0.25, 0.3) is 10.9 Å². The van der Waals surface area contributed by atoms with E-state index in [1.807, 2.05) is 30.0 Å². The van der Waals surface area contributed by atoms with Crippen LogP contribution in [-0.4, -0.2) is 22.3 Å². The molecule has 0 amide bonds. The monoisotopic (exact) mass is 309 g/mol. The molecule has 3 aromatic rings. The predicted molar refractivity (Wildman–Crippen MR) is 94.5 cm³/mol. The maximum atomic E-state index is 4.35. The molecule has 1 N–H and O–H groups in total. The quantitative estimate of drug-likeness (QED) is 0.536. The second-order valence-corrected chi connectivity index (χ2v) is 6.27. The normalized spacial score (nSPS) is 10.8. The molecule has 0 aliphatic carbocycles. The Balaban J connectivity index is 1.52. The Hall–Kier alpha value is -2.07. The van der Waals surface area contributed by atoms with Gasteiger partial charge in [-0.2, -0.15) is 0 Å². The van der Waals surface area contributed by atoms with Gasteiger partial charge in [0.05, 0.1) is 5.52 Å². The van der Waals surface area contributed by atoms with E-state index in [2.05, 4.69) is 52.5 Å². The number of aromatic nitrogens is 2. The van der Waals surface area contributed by atoms with Crippen LogP contribution in [0.15, 0.2) is 59.8 Å². The van der Waals surface area contributed by atoms with E-state index in [1.165, 1.54) is 10.5 Å². The zero-order valence-electron chi connectivity index (χ0n) is 12.6. The first-order valence-corrected chi connectivity index (χ1v) is 8.45. The molecule has 0 atom stereocenters. The molecular formula is C18H19N3S. The van der Waals surface area contributed by atoms with Crippen LogP contribution in [-0.2, 0) is 0 Å². The number of hydrogen-bond donors (Lipinski definition) is 1. The van der Waals surface area contributed by atoms with Crippen molar-refractivity contribution in [3.63, 3.8) is 0 Å². The molecule has 1 heterocycles. The molecule has 0 unspecified atom stereocenters. The number of rotatable bonds is 6. The van der Waals surface area contributed by atoms with E-state index in [0.717, 1.165) is 35.4 Å². The molecule has 0 aliphatic heterocycles. The molecule has 0 saturated heterocycles. The van der Waals surface area contributed by atoms with Gasteiger partial charge in [-0.3, -0.25) is 0 Å². The SMILES string of the molecule is Cc1ccccc1SCCCNc1ncnc2ccccc12. The van der Waals surface area contributed by atoms with Gasteiger partial charge < -0.3 is 5.32 Å². The van der Waals surface area contributed by atoms with E-state index in [-0.39, 0.29) is 0 Å². The highest BCUT2D eigenvalue weighted by atomic mass is 32.2. The topological polar surface area (TPSA) is 37.8 Å². The Morgan fingerprint density at radius 3 is 2.73 bits per heavy atom. The molecule has 4 heteroatoms. The van der Waals surface area contributed by atoms with Crippen LogP contribution in [0.4, 0.5) is 5.82 Å². The highest BCUT2D eigenvalue weighted by Gasteiger charge is 2.02. The molecule has 0 bridgehead atoms. The van der Waals surface area contributed by atoms with Crippen molar-refractivity contribution in [1.29, 1.82) is 0 Å². The van der Waals surface area contributed by atoms with Crippen LogP contribution in [0.2, 0.25) is 0 Å². The highest BCUT2D eigenvalue weighted by Crippen LogP contribution is 2.23. The second-order valence-electron chi connectivity index (χ2n) is 5.13. The lowest BCUT2D eigenvalue weighted by Gasteiger charge is -2.08. The summed E-state index contributed by atoms with van der Waals surface area (Å²) in [5.41, 5.74) is 2.33. The van der Waals surface area contributed by atoms with Gasteiger partial charge in [0.15, 0.2) is 0 Å². The smallest absolute Gasteiger partial charge is 0.137 e. The van der Waals surface area contributed by atoms with E-state index in [0.29, 0.717) is 0 Å². The van der Waals surface area contributed by atoms with Gasteiger partial charge in [0.2, 0.25) is 0 Å². The number of hydrogen-bond acceptors (Lipinski definition) is 4. The molecule has 0 radical (unpaired) electrons. The largest absolute Gasteiger partial charge is 0.369 e. The molecule has 1 aromatic heterocycles. The fraction of sp³-hybridized carbons (Fsp3) is 0.222. The van der Waals surface area contributed by atoms with E-state index >= 15 is 0 Å². The summed E-state index contributed by atoms with van der Waals surface area (Å²) in [7, 11) is 0. The average Bonchev–Trinajstić information content (AvgIpc) is 2.56. The molecule has 0 fully saturated rings. The van der Waals surface area contributed by atoms with Crippen molar-refractivity contribution in [2.75, 3.05) is 17.6 Å². The Bertz CT molecular complexity index is 753. The number of thioether (sulfide) groups is 1. The van der Waals surface area contributed by atoms with Crippen molar-refractivity contribution in [3.05, 3.63) is 60.4 Å². The number of nitrogens with zero attached hydrogens (tertiary/aromatic N) is 2. The fourth-order valence-electron chi connectivity index (χ4n) is 2.33. The van der Waals surface area contributed by atoms with Gasteiger partial charge in [0.1, 0.15) is 12.1 Å². The molecule has 2 aromatic carbocycles. The predicted octanol–water partition coefficient (Wildman–Crippen LogP) is 4.53. The first-order valence-electron chi connectivity index (χ1n) is 7.46. The third kappa shape index (κ3) is 3.57. The van der Waals surface area contributed by atoms with Crippen LogP contribution in [0, 0.1) is 6.92 Å². The lowest BCUT2D eigenvalue weighted by molar-refractivity contribution is 0.980. The zero-order valence-corrected chi connectivity index (χ0v) is 13.4. The van der Waals surface area contributed by atoms with Crippen LogP contribution in [0.5, 0.6) is 0 Å². The Labute approximate surface area is 135 Å². The molecule has 22 heavy (non-hydrogen) atoms. The lowest BCUT2D eigenvalue weighted by Crippen LogP contribution is -2.05. The van der Waals surface area contributed by atoms with E-state index in [4.69, 9.17) is 0 Å². The zero-order chi connectivity index (χ0) is 15.2. The first-order chi connectivity index (χ1) is 10.8. The van der Waals surface area contributed by atoms with Crippen LogP contribution in [0.3, 0.4) is 0 Å². The summed E-state index contributed by atoms with van der Waals surface area (Å²) in [5, 5.41) is 4.50. The van der Waals surface area contributed by atoms with Crippen LogP contribution >= 0.6 is 11.8 Å². The number of fused-ring (bicyclic) bond motifs is 1. The van der Waals surface area contributed by atoms with Crippen molar-refractivity contribution in [3.8, 4) is 0 Å². The van der Waals surface area contributed by atoms with Gasteiger partial charge in [-0.1, -0.05) is 30.3 Å². The number of para-hydroxylation sites is 1. The molecule has 0 spiro atoms. The van der Waals surface area contributed by atoms with Gasteiger partial charge in [-0.25, -0.2) is 9.97 Å². The Morgan fingerprint density at radius 1 is 1.00 bits per heavy atom. The summed E-state index contributed by atoms with van der Waals surface area (Å²) in [6, 6.07) is 16.6. The summed E-state index contributed by atoms with van der Waals surface area (Å²) in [6.45, 7) is 3.08. The Morgan fingerprint density at radius 2 is 1.82 bits per heavy atom. The number of aryl methyl sites for hydroxylation is 1. The minimum Gasteiger partial charge on any atom is -0.369 e. The summed E-state index contributed by atoms with van der Waals surface area (Å²) in [5.74, 6) is 2.02. The maximum absolute atomic E-state index is 4.35. The Kier molecular flexibility index (Phi) is 4.91. The standard InChI is InChI=1S/C18H19N3S/c1-14-7-2-5-10-17(14)22-12-6-11-19-18-15-8-3-4-9-16(15)20-13-21-18/h2-5,7-10,13H,6,11-12H2,1H3,(H,19,20,21). The molecular weight excluding hydrogens is 290 g/mol. The van der Waals surface area contributed by atoms with Gasteiger partial charge in [0.25, 0.3) is 0 Å². The van der Waals surface area contributed by atoms with Crippen molar-refractivity contribution < 1.29 is 0 Å². The summed E-state index contributed by atoms with van der Waals surface area (Å²) in [4.78, 5) is 10.00. The second kappa shape index (κ2) is 7.27. The molecule has 112 valence electrons. The first kappa shape index (κ1) is 14.9.